The summed E-state index contributed by atoms with van der Waals surface area (Å²) in [6.07, 6.45) is 0.816. The van der Waals surface area contributed by atoms with Gasteiger partial charge < -0.3 is 5.32 Å². The van der Waals surface area contributed by atoms with E-state index in [2.05, 4.69) is 48.6 Å². The van der Waals surface area contributed by atoms with Crippen molar-refractivity contribution in [2.24, 2.45) is 0 Å². The molecule has 0 aliphatic heterocycles. The molecule has 2 aromatic carbocycles. The first kappa shape index (κ1) is 18.7. The summed E-state index contributed by atoms with van der Waals surface area (Å²) in [5.41, 5.74) is 2.15. The van der Waals surface area contributed by atoms with E-state index < -0.39 is 0 Å². The van der Waals surface area contributed by atoms with Crippen molar-refractivity contribution in [1.29, 1.82) is 0 Å². The highest BCUT2D eigenvalue weighted by Crippen LogP contribution is 2.27. The zero-order valence-corrected chi connectivity index (χ0v) is 16.7. The zero-order valence-electron chi connectivity index (χ0n) is 14.3. The number of carbonyl (C=O) groups excluding carboxylic acids is 1. The summed E-state index contributed by atoms with van der Waals surface area (Å²) in [6.45, 7) is 2.47. The number of amides is 1. The number of nitrogens with one attached hydrogen (secondary N) is 2. The van der Waals surface area contributed by atoms with Crippen LogP contribution in [0, 0.1) is 0 Å². The summed E-state index contributed by atoms with van der Waals surface area (Å²) >= 11 is 4.84. The van der Waals surface area contributed by atoms with Crippen LogP contribution in [-0.4, -0.2) is 32.9 Å². The minimum atomic E-state index is -0.270. The van der Waals surface area contributed by atoms with E-state index in [1.54, 1.807) is 0 Å². The predicted octanol–water partition coefficient (Wildman–Crippen LogP) is 4.07. The van der Waals surface area contributed by atoms with Gasteiger partial charge in [-0.2, -0.15) is 0 Å². The van der Waals surface area contributed by atoms with Crippen molar-refractivity contribution < 1.29 is 4.79 Å². The van der Waals surface area contributed by atoms with E-state index >= 15 is 0 Å². The average molecular weight is 431 g/mol. The van der Waals surface area contributed by atoms with Gasteiger partial charge in [0, 0.05) is 16.6 Å². The lowest BCUT2D eigenvalue weighted by atomic mass is 10.1. The number of aromatic nitrogens is 3. The third-order valence-corrected chi connectivity index (χ3v) is 5.45. The van der Waals surface area contributed by atoms with E-state index in [1.807, 2.05) is 49.4 Å². The molecule has 3 aromatic rings. The van der Waals surface area contributed by atoms with Crippen LogP contribution >= 0.6 is 27.7 Å². The maximum atomic E-state index is 12.3. The molecule has 0 saturated carbocycles. The second-order valence-electron chi connectivity index (χ2n) is 5.73. The SMILES string of the molecule is C[C@@H](Sc1n[nH]c(-c2ccccc2Br)n1)C(=O)NCCc1ccccc1. The highest BCUT2D eigenvalue weighted by atomic mass is 79.9. The van der Waals surface area contributed by atoms with Crippen LogP contribution < -0.4 is 5.32 Å². The van der Waals surface area contributed by atoms with Crippen molar-refractivity contribution in [2.45, 2.75) is 23.8 Å². The second kappa shape index (κ2) is 9.00. The summed E-state index contributed by atoms with van der Waals surface area (Å²) < 4.78 is 0.944. The largest absolute Gasteiger partial charge is 0.355 e. The Bertz CT molecular complexity index is 869. The van der Waals surface area contributed by atoms with Gasteiger partial charge in [-0.3, -0.25) is 9.89 Å². The molecule has 3 rings (SSSR count). The Balaban J connectivity index is 1.52. The lowest BCUT2D eigenvalue weighted by Gasteiger charge is -2.10. The van der Waals surface area contributed by atoms with E-state index in [4.69, 9.17) is 0 Å². The lowest BCUT2D eigenvalue weighted by Crippen LogP contribution is -2.32. The zero-order chi connectivity index (χ0) is 18.4. The monoisotopic (exact) mass is 430 g/mol. The molecule has 0 unspecified atom stereocenters. The topological polar surface area (TPSA) is 70.7 Å². The number of halogens is 1. The minimum absolute atomic E-state index is 0.0156. The van der Waals surface area contributed by atoms with Gasteiger partial charge in [-0.1, -0.05) is 76.2 Å². The predicted molar refractivity (Wildman–Crippen MR) is 108 cm³/mol. The molecule has 26 heavy (non-hydrogen) atoms. The number of thioether (sulfide) groups is 1. The fourth-order valence-electron chi connectivity index (χ4n) is 2.40. The molecule has 2 N–H and O–H groups in total. The summed E-state index contributed by atoms with van der Waals surface area (Å²) in [4.78, 5) is 16.7. The maximum absolute atomic E-state index is 12.3. The molecular formula is C19H19BrN4OS. The Morgan fingerprint density at radius 3 is 2.69 bits per heavy atom. The van der Waals surface area contributed by atoms with Crippen LogP contribution in [0.15, 0.2) is 64.2 Å². The van der Waals surface area contributed by atoms with E-state index in [0.717, 1.165) is 16.5 Å². The van der Waals surface area contributed by atoms with Gasteiger partial charge in [0.2, 0.25) is 11.1 Å². The van der Waals surface area contributed by atoms with Crippen molar-refractivity contribution in [1.82, 2.24) is 20.5 Å². The van der Waals surface area contributed by atoms with Crippen LogP contribution in [-0.2, 0) is 11.2 Å². The molecule has 0 aliphatic carbocycles. The first-order chi connectivity index (χ1) is 12.6. The molecule has 0 fully saturated rings. The summed E-state index contributed by atoms with van der Waals surface area (Å²) in [5.74, 6) is 0.662. The standard InChI is InChI=1S/C19H19BrN4OS/c1-13(18(25)21-12-11-14-7-3-2-4-8-14)26-19-22-17(23-24-19)15-9-5-6-10-16(15)20/h2-10,13H,11-12H2,1H3,(H,21,25)(H,22,23,24)/t13-/m1/s1. The van der Waals surface area contributed by atoms with Crippen LogP contribution in [0.4, 0.5) is 0 Å². The van der Waals surface area contributed by atoms with Crippen LogP contribution in [0.3, 0.4) is 0 Å². The number of aromatic amines is 1. The van der Waals surface area contributed by atoms with Gasteiger partial charge in [-0.05, 0) is 25.0 Å². The number of benzene rings is 2. The highest BCUT2D eigenvalue weighted by Gasteiger charge is 2.17. The van der Waals surface area contributed by atoms with Gasteiger partial charge in [0.25, 0.3) is 0 Å². The molecule has 0 bridgehead atoms. The minimum Gasteiger partial charge on any atom is -0.355 e. The molecule has 1 aromatic heterocycles. The van der Waals surface area contributed by atoms with Crippen LogP contribution in [0.2, 0.25) is 0 Å². The Labute approximate surface area is 165 Å². The van der Waals surface area contributed by atoms with Gasteiger partial charge in [-0.15, -0.1) is 5.10 Å². The first-order valence-corrected chi connectivity index (χ1v) is 9.96. The van der Waals surface area contributed by atoms with Gasteiger partial charge in [0.05, 0.1) is 5.25 Å². The van der Waals surface area contributed by atoms with E-state index in [9.17, 15) is 4.79 Å². The third-order valence-electron chi connectivity index (χ3n) is 3.80. The average Bonchev–Trinajstić information content (AvgIpc) is 3.11. The van der Waals surface area contributed by atoms with Gasteiger partial charge in [-0.25, -0.2) is 4.98 Å². The molecule has 0 spiro atoms. The van der Waals surface area contributed by atoms with Crippen LogP contribution in [0.25, 0.3) is 11.4 Å². The van der Waals surface area contributed by atoms with E-state index in [0.29, 0.717) is 17.5 Å². The lowest BCUT2D eigenvalue weighted by molar-refractivity contribution is -0.120. The smallest absolute Gasteiger partial charge is 0.233 e. The molecule has 0 radical (unpaired) electrons. The fourth-order valence-corrected chi connectivity index (χ4v) is 3.62. The molecule has 1 amide bonds. The fraction of sp³-hybridized carbons (Fsp3) is 0.211. The highest BCUT2D eigenvalue weighted by molar-refractivity contribution is 9.10. The molecule has 0 saturated heterocycles. The van der Waals surface area contributed by atoms with Gasteiger partial charge >= 0.3 is 0 Å². The van der Waals surface area contributed by atoms with Crippen molar-refractivity contribution in [3.63, 3.8) is 0 Å². The van der Waals surface area contributed by atoms with Gasteiger partial charge in [0.15, 0.2) is 5.82 Å². The van der Waals surface area contributed by atoms with Crippen LogP contribution in [0.5, 0.6) is 0 Å². The number of carbonyl (C=O) groups is 1. The normalized spacial score (nSPS) is 11.9. The first-order valence-electron chi connectivity index (χ1n) is 8.29. The van der Waals surface area contributed by atoms with Crippen molar-refractivity contribution in [3.8, 4) is 11.4 Å². The van der Waals surface area contributed by atoms with Gasteiger partial charge in [0.1, 0.15) is 0 Å². The number of H-pyrrole nitrogens is 1. The van der Waals surface area contributed by atoms with Crippen molar-refractivity contribution in [3.05, 3.63) is 64.6 Å². The molecular weight excluding hydrogens is 412 g/mol. The quantitative estimate of drug-likeness (QED) is 0.554. The maximum Gasteiger partial charge on any atom is 0.233 e. The number of nitrogens with zero attached hydrogens (tertiary/aromatic N) is 2. The second-order valence-corrected chi connectivity index (χ2v) is 7.90. The van der Waals surface area contributed by atoms with Crippen molar-refractivity contribution >= 4 is 33.6 Å². The summed E-state index contributed by atoms with van der Waals surface area (Å²) in [6, 6.07) is 17.9. The molecule has 134 valence electrons. The molecule has 0 aliphatic rings. The molecule has 1 atom stereocenters. The Morgan fingerprint density at radius 2 is 1.92 bits per heavy atom. The molecule has 7 heteroatoms. The van der Waals surface area contributed by atoms with Crippen molar-refractivity contribution in [2.75, 3.05) is 6.54 Å². The Morgan fingerprint density at radius 1 is 1.19 bits per heavy atom. The van der Waals surface area contributed by atoms with E-state index in [1.165, 1.54) is 17.3 Å². The third kappa shape index (κ3) is 4.95. The number of hydrogen-bond donors (Lipinski definition) is 2. The molecule has 5 nitrogen and oxygen atoms in total. The number of rotatable bonds is 7. The summed E-state index contributed by atoms with van der Waals surface area (Å²) in [5, 5.41) is 10.4. The Kier molecular flexibility index (Phi) is 6.46. The van der Waals surface area contributed by atoms with E-state index in [-0.39, 0.29) is 11.2 Å². The van der Waals surface area contributed by atoms with Crippen LogP contribution in [0.1, 0.15) is 12.5 Å². The summed E-state index contributed by atoms with van der Waals surface area (Å²) in [7, 11) is 0. The number of hydrogen-bond acceptors (Lipinski definition) is 4. The Hall–Kier alpha value is -2.12. The molecule has 1 heterocycles.